The molecule has 2 aliphatic rings. The van der Waals surface area contributed by atoms with E-state index >= 15 is 0 Å². The summed E-state index contributed by atoms with van der Waals surface area (Å²) in [7, 11) is 0. The molecule has 0 saturated heterocycles. The lowest BCUT2D eigenvalue weighted by Crippen LogP contribution is -2.29. The zero-order valence-electron chi connectivity index (χ0n) is 24.6. The molecule has 0 bridgehead atoms. The number of imide groups is 2. The fraction of sp³-hybridized carbons (Fsp3) is 0.111. The van der Waals surface area contributed by atoms with Crippen molar-refractivity contribution in [1.29, 1.82) is 0 Å². The third-order valence-corrected chi connectivity index (χ3v) is 7.51. The molecule has 4 aromatic carbocycles. The molecule has 0 aromatic heterocycles. The Morgan fingerprint density at radius 2 is 0.750 bits per heavy atom. The van der Waals surface area contributed by atoms with Gasteiger partial charge in [0.1, 0.15) is 11.5 Å². The van der Waals surface area contributed by atoms with Gasteiger partial charge < -0.3 is 9.47 Å². The second kappa shape index (κ2) is 11.1. The molecule has 6 rings (SSSR count). The first-order chi connectivity index (χ1) is 21.1. The largest absolute Gasteiger partial charge is 0.455 e. The van der Waals surface area contributed by atoms with Crippen LogP contribution in [0.4, 0.5) is 11.4 Å². The molecule has 8 nitrogen and oxygen atoms in total. The van der Waals surface area contributed by atoms with Crippen molar-refractivity contribution in [3.05, 3.63) is 119 Å². The number of carbonyl (C=O) groups is 4. The van der Waals surface area contributed by atoms with Crippen LogP contribution in [-0.4, -0.2) is 23.6 Å². The topological polar surface area (TPSA) is 93.2 Å². The molecule has 8 heteroatoms. The summed E-state index contributed by atoms with van der Waals surface area (Å²) >= 11 is 0. The van der Waals surface area contributed by atoms with E-state index in [1.54, 1.807) is 48.5 Å². The first-order valence-corrected chi connectivity index (χ1v) is 14.0. The molecule has 0 N–H and O–H groups in total. The second-order valence-electron chi connectivity index (χ2n) is 10.7. The van der Waals surface area contributed by atoms with E-state index in [-0.39, 0.29) is 0 Å². The quantitative estimate of drug-likeness (QED) is 0.217. The smallest absolute Gasteiger partial charge is 0.258 e. The molecule has 218 valence electrons. The Hall–Kier alpha value is -5.76. The van der Waals surface area contributed by atoms with E-state index < -0.39 is 23.6 Å². The number of carbonyl (C=O) groups excluding carboxylic acids is 4. The van der Waals surface area contributed by atoms with E-state index in [4.69, 9.17) is 9.47 Å². The Kier molecular flexibility index (Phi) is 7.19. The van der Waals surface area contributed by atoms with E-state index in [1.165, 1.54) is 24.3 Å². The first-order valence-electron chi connectivity index (χ1n) is 14.0. The van der Waals surface area contributed by atoms with Gasteiger partial charge in [0.15, 0.2) is 11.5 Å². The summed E-state index contributed by atoms with van der Waals surface area (Å²) in [5.74, 6) is 0.436. The van der Waals surface area contributed by atoms with Gasteiger partial charge in [0.05, 0.1) is 11.4 Å². The highest BCUT2D eigenvalue weighted by molar-refractivity contribution is 6.29. The minimum atomic E-state index is -0.411. The fourth-order valence-electron chi connectivity index (χ4n) is 5.51. The van der Waals surface area contributed by atoms with Crippen LogP contribution in [0.3, 0.4) is 0 Å². The number of hydrogen-bond donors (Lipinski definition) is 0. The number of aryl methyl sites for hydroxylation is 4. The van der Waals surface area contributed by atoms with Crippen molar-refractivity contribution >= 4 is 35.0 Å². The molecule has 0 fully saturated rings. The van der Waals surface area contributed by atoms with Crippen molar-refractivity contribution in [2.24, 2.45) is 0 Å². The van der Waals surface area contributed by atoms with Crippen molar-refractivity contribution in [2.45, 2.75) is 27.7 Å². The molecule has 0 radical (unpaired) electrons. The lowest BCUT2D eigenvalue weighted by atomic mass is 9.96. The number of amides is 4. The number of nitrogens with zero attached hydrogens (tertiary/aromatic N) is 2. The highest BCUT2D eigenvalue weighted by Crippen LogP contribution is 2.41. The molecule has 0 saturated carbocycles. The molecule has 2 heterocycles. The monoisotopic (exact) mass is 584 g/mol. The normalized spacial score (nSPS) is 14.3. The summed E-state index contributed by atoms with van der Waals surface area (Å²) in [6.45, 7) is 7.80. The van der Waals surface area contributed by atoms with Gasteiger partial charge in [0.2, 0.25) is 0 Å². The summed E-state index contributed by atoms with van der Waals surface area (Å²) in [5, 5.41) is 0. The molecule has 4 amide bonds. The maximum atomic E-state index is 12.3. The number of hydrogen-bond acceptors (Lipinski definition) is 6. The maximum Gasteiger partial charge on any atom is 0.258 e. The van der Waals surface area contributed by atoms with E-state index in [1.807, 2.05) is 52.0 Å². The number of para-hydroxylation sites is 4. The average Bonchev–Trinajstić information content (AvgIpc) is 3.51. The zero-order chi connectivity index (χ0) is 31.1. The van der Waals surface area contributed by atoms with Crippen LogP contribution in [0.2, 0.25) is 0 Å². The Morgan fingerprint density at radius 3 is 1.07 bits per heavy atom. The van der Waals surface area contributed by atoms with E-state index in [9.17, 15) is 19.2 Å². The molecule has 0 spiro atoms. The van der Waals surface area contributed by atoms with Crippen LogP contribution in [0, 0.1) is 27.7 Å². The molecule has 0 atom stereocenters. The van der Waals surface area contributed by atoms with Gasteiger partial charge in [-0.15, -0.1) is 0 Å². The summed E-state index contributed by atoms with van der Waals surface area (Å²) in [4.78, 5) is 51.5. The number of ether oxygens (including phenoxy) is 2. The van der Waals surface area contributed by atoms with Crippen molar-refractivity contribution in [2.75, 3.05) is 9.80 Å². The van der Waals surface area contributed by atoms with Crippen LogP contribution in [0.5, 0.6) is 23.0 Å². The van der Waals surface area contributed by atoms with Gasteiger partial charge in [-0.25, -0.2) is 9.80 Å². The third-order valence-electron chi connectivity index (χ3n) is 7.51. The summed E-state index contributed by atoms with van der Waals surface area (Å²) in [5.41, 5.74) is 6.24. The van der Waals surface area contributed by atoms with Crippen LogP contribution < -0.4 is 19.3 Å². The molecule has 0 unspecified atom stereocenters. The van der Waals surface area contributed by atoms with Gasteiger partial charge in [-0.2, -0.15) is 0 Å². The number of benzene rings is 4. The summed E-state index contributed by atoms with van der Waals surface area (Å²) in [6.07, 6.45) is 4.99. The second-order valence-corrected chi connectivity index (χ2v) is 10.7. The Balaban J connectivity index is 1.29. The Bertz CT molecular complexity index is 1730. The summed E-state index contributed by atoms with van der Waals surface area (Å²) < 4.78 is 12.6. The molecular weight excluding hydrogens is 556 g/mol. The van der Waals surface area contributed by atoms with Gasteiger partial charge in [0, 0.05) is 24.3 Å². The standard InChI is InChI=1S/C36H28N2O6/c1-21-17-25(18-22(2)35(21)43-29-11-7-5-9-27(29)37-31(39)13-14-32(37)40)26-19-23(3)36(24(4)20-26)44-30-12-8-6-10-28(30)38-33(41)15-16-34(38)42/h5-20H,1-4H3. The van der Waals surface area contributed by atoms with Crippen LogP contribution in [-0.2, 0) is 19.2 Å². The van der Waals surface area contributed by atoms with Crippen molar-refractivity contribution in [1.82, 2.24) is 0 Å². The molecule has 0 aliphatic carbocycles. The van der Waals surface area contributed by atoms with Crippen LogP contribution in [0.25, 0.3) is 11.1 Å². The van der Waals surface area contributed by atoms with Gasteiger partial charge in [-0.05, 0) is 110 Å². The fourth-order valence-corrected chi connectivity index (χ4v) is 5.51. The third kappa shape index (κ3) is 5.07. The van der Waals surface area contributed by atoms with Gasteiger partial charge >= 0.3 is 0 Å². The van der Waals surface area contributed by atoms with Crippen molar-refractivity contribution in [3.8, 4) is 34.1 Å². The average molecular weight is 585 g/mol. The van der Waals surface area contributed by atoms with Crippen molar-refractivity contribution < 1.29 is 28.7 Å². The lowest BCUT2D eigenvalue weighted by molar-refractivity contribution is -0.121. The Morgan fingerprint density at radius 1 is 0.455 bits per heavy atom. The van der Waals surface area contributed by atoms with Crippen LogP contribution in [0.1, 0.15) is 22.3 Å². The lowest BCUT2D eigenvalue weighted by Gasteiger charge is -2.21. The number of anilines is 2. The molecule has 2 aliphatic heterocycles. The number of rotatable bonds is 7. The molecule has 44 heavy (non-hydrogen) atoms. The highest BCUT2D eigenvalue weighted by atomic mass is 16.5. The minimum absolute atomic E-state index is 0.383. The predicted octanol–water partition coefficient (Wildman–Crippen LogP) is 7.03. The SMILES string of the molecule is Cc1cc(-c2cc(C)c(Oc3ccccc3N3C(=O)C=CC3=O)c(C)c2)cc(C)c1Oc1ccccc1N1C(=O)C=CC1=O. The van der Waals surface area contributed by atoms with Crippen molar-refractivity contribution in [3.63, 3.8) is 0 Å². The van der Waals surface area contributed by atoms with Crippen LogP contribution in [0.15, 0.2) is 97.1 Å². The molecule has 4 aromatic rings. The minimum Gasteiger partial charge on any atom is -0.455 e. The van der Waals surface area contributed by atoms with Gasteiger partial charge in [-0.3, -0.25) is 19.2 Å². The predicted molar refractivity (Wildman–Crippen MR) is 167 cm³/mol. The highest BCUT2D eigenvalue weighted by Gasteiger charge is 2.29. The van der Waals surface area contributed by atoms with Crippen LogP contribution >= 0.6 is 0 Å². The van der Waals surface area contributed by atoms with E-state index in [0.717, 1.165) is 43.2 Å². The van der Waals surface area contributed by atoms with Gasteiger partial charge in [-0.1, -0.05) is 24.3 Å². The van der Waals surface area contributed by atoms with E-state index in [2.05, 4.69) is 0 Å². The first kappa shape index (κ1) is 28.4. The maximum absolute atomic E-state index is 12.3. The van der Waals surface area contributed by atoms with Gasteiger partial charge in [0.25, 0.3) is 23.6 Å². The molecular formula is C36H28N2O6. The van der Waals surface area contributed by atoms with E-state index in [0.29, 0.717) is 34.4 Å². The Labute approximate surface area is 254 Å². The summed E-state index contributed by atoms with van der Waals surface area (Å²) in [6, 6.07) is 22.0. The zero-order valence-corrected chi connectivity index (χ0v) is 24.6.